The van der Waals surface area contributed by atoms with E-state index in [1.165, 1.54) is 0 Å². The number of nitrogens with one attached hydrogen (secondary N) is 1. The second-order valence-electron chi connectivity index (χ2n) is 5.30. The third-order valence-electron chi connectivity index (χ3n) is 3.75. The van der Waals surface area contributed by atoms with Crippen LogP contribution in [0.1, 0.15) is 34.6 Å². The number of aryl methyl sites for hydroxylation is 1. The number of carbonyl (C=O) groups is 1. The molecule has 1 aromatic heterocycles. The van der Waals surface area contributed by atoms with Gasteiger partial charge < -0.3 is 9.73 Å². The van der Waals surface area contributed by atoms with Crippen molar-refractivity contribution in [3.8, 4) is 0 Å². The van der Waals surface area contributed by atoms with Crippen LogP contribution in [0, 0.1) is 6.92 Å². The second kappa shape index (κ2) is 5.85. The normalized spacial score (nSPS) is 12.3. The van der Waals surface area contributed by atoms with Gasteiger partial charge in [-0.15, -0.1) is 0 Å². The quantitative estimate of drug-likeness (QED) is 0.748. The average molecular weight is 314 g/mol. The average Bonchev–Trinajstić information content (AvgIpc) is 2.85. The third-order valence-corrected chi connectivity index (χ3v) is 3.98. The summed E-state index contributed by atoms with van der Waals surface area (Å²) in [6.07, 6.45) is 0. The van der Waals surface area contributed by atoms with Crippen molar-refractivity contribution in [1.29, 1.82) is 0 Å². The van der Waals surface area contributed by atoms with Crippen LogP contribution in [0.4, 0.5) is 0 Å². The lowest BCUT2D eigenvalue weighted by Gasteiger charge is -2.14. The van der Waals surface area contributed by atoms with Crippen LogP contribution < -0.4 is 5.32 Å². The van der Waals surface area contributed by atoms with Gasteiger partial charge in [-0.3, -0.25) is 4.79 Å². The molecule has 0 bridgehead atoms. The Morgan fingerprint density at radius 3 is 2.68 bits per heavy atom. The Morgan fingerprint density at radius 1 is 1.18 bits per heavy atom. The molecule has 4 heteroatoms. The van der Waals surface area contributed by atoms with Gasteiger partial charge in [-0.2, -0.15) is 0 Å². The standard InChI is InChI=1S/C18H16ClNO2/c1-11-15-8-3-4-9-16(15)22-17(11)18(21)20-12(2)13-6-5-7-14(19)10-13/h3-10,12H,1-2H3,(H,20,21). The van der Waals surface area contributed by atoms with E-state index in [2.05, 4.69) is 5.32 Å². The number of amides is 1. The number of rotatable bonds is 3. The molecule has 0 aliphatic rings. The lowest BCUT2D eigenvalue weighted by atomic mass is 10.1. The van der Waals surface area contributed by atoms with Crippen LogP contribution >= 0.6 is 11.6 Å². The fourth-order valence-corrected chi connectivity index (χ4v) is 2.71. The van der Waals surface area contributed by atoms with Crippen molar-refractivity contribution < 1.29 is 9.21 Å². The maximum atomic E-state index is 12.5. The van der Waals surface area contributed by atoms with E-state index in [1.807, 2.05) is 62.4 Å². The minimum atomic E-state index is -0.221. The summed E-state index contributed by atoms with van der Waals surface area (Å²) in [7, 11) is 0. The summed E-state index contributed by atoms with van der Waals surface area (Å²) in [6.45, 7) is 3.81. The van der Waals surface area contributed by atoms with Gasteiger partial charge in [0.05, 0.1) is 6.04 Å². The molecule has 0 saturated heterocycles. The van der Waals surface area contributed by atoms with Gasteiger partial charge in [-0.1, -0.05) is 41.9 Å². The first-order chi connectivity index (χ1) is 10.6. The summed E-state index contributed by atoms with van der Waals surface area (Å²) < 4.78 is 5.68. The molecule has 3 rings (SSSR count). The smallest absolute Gasteiger partial charge is 0.287 e. The van der Waals surface area contributed by atoms with E-state index in [-0.39, 0.29) is 11.9 Å². The first kappa shape index (κ1) is 14.7. The molecule has 1 amide bonds. The molecule has 1 heterocycles. The van der Waals surface area contributed by atoms with E-state index < -0.39 is 0 Å². The molecule has 112 valence electrons. The van der Waals surface area contributed by atoms with E-state index in [1.54, 1.807) is 0 Å². The number of benzene rings is 2. The van der Waals surface area contributed by atoms with Crippen LogP contribution in [0.3, 0.4) is 0 Å². The topological polar surface area (TPSA) is 42.2 Å². The second-order valence-corrected chi connectivity index (χ2v) is 5.74. The Morgan fingerprint density at radius 2 is 1.95 bits per heavy atom. The molecule has 3 aromatic rings. The van der Waals surface area contributed by atoms with Crippen molar-refractivity contribution in [3.05, 3.63) is 70.4 Å². The SMILES string of the molecule is Cc1c(C(=O)NC(C)c2cccc(Cl)c2)oc2ccccc12. The van der Waals surface area contributed by atoms with Gasteiger partial charge in [-0.05, 0) is 37.6 Å². The summed E-state index contributed by atoms with van der Waals surface area (Å²) >= 11 is 5.99. The molecule has 1 unspecified atom stereocenters. The summed E-state index contributed by atoms with van der Waals surface area (Å²) in [5.74, 6) is 0.135. The Balaban J connectivity index is 1.85. The van der Waals surface area contributed by atoms with Gasteiger partial charge in [-0.25, -0.2) is 0 Å². The van der Waals surface area contributed by atoms with Crippen molar-refractivity contribution >= 4 is 28.5 Å². The highest BCUT2D eigenvalue weighted by Crippen LogP contribution is 2.25. The van der Waals surface area contributed by atoms with Crippen LogP contribution in [0.15, 0.2) is 52.9 Å². The molecule has 1 N–H and O–H groups in total. The molecule has 0 fully saturated rings. The predicted octanol–water partition coefficient (Wildman–Crippen LogP) is 4.89. The molecular formula is C18H16ClNO2. The van der Waals surface area contributed by atoms with Crippen molar-refractivity contribution in [2.24, 2.45) is 0 Å². The fourth-order valence-electron chi connectivity index (χ4n) is 2.51. The zero-order valence-electron chi connectivity index (χ0n) is 12.4. The van der Waals surface area contributed by atoms with E-state index >= 15 is 0 Å². The summed E-state index contributed by atoms with van der Waals surface area (Å²) in [4.78, 5) is 12.5. The summed E-state index contributed by atoms with van der Waals surface area (Å²) in [5, 5.41) is 4.56. The van der Waals surface area contributed by atoms with Gasteiger partial charge in [0.25, 0.3) is 5.91 Å². The molecule has 0 aliphatic carbocycles. The van der Waals surface area contributed by atoms with Gasteiger partial charge in [0.1, 0.15) is 5.58 Å². The zero-order valence-corrected chi connectivity index (χ0v) is 13.1. The fraction of sp³-hybridized carbons (Fsp3) is 0.167. The van der Waals surface area contributed by atoms with Gasteiger partial charge in [0.2, 0.25) is 0 Å². The minimum Gasteiger partial charge on any atom is -0.451 e. The Bertz CT molecular complexity index is 838. The number of fused-ring (bicyclic) bond motifs is 1. The molecule has 0 aliphatic heterocycles. The maximum Gasteiger partial charge on any atom is 0.287 e. The number of furan rings is 1. The first-order valence-electron chi connectivity index (χ1n) is 7.10. The molecule has 0 spiro atoms. The number of carbonyl (C=O) groups excluding carboxylic acids is 1. The highest BCUT2D eigenvalue weighted by atomic mass is 35.5. The molecule has 2 aromatic carbocycles. The highest BCUT2D eigenvalue weighted by Gasteiger charge is 2.19. The molecule has 1 atom stereocenters. The zero-order chi connectivity index (χ0) is 15.7. The van der Waals surface area contributed by atoms with Crippen LogP contribution in [-0.2, 0) is 0 Å². The molecule has 0 saturated carbocycles. The van der Waals surface area contributed by atoms with Crippen molar-refractivity contribution in [2.75, 3.05) is 0 Å². The van der Waals surface area contributed by atoms with Crippen LogP contribution in [0.5, 0.6) is 0 Å². The van der Waals surface area contributed by atoms with Gasteiger partial charge >= 0.3 is 0 Å². The Kier molecular flexibility index (Phi) is 3.90. The monoisotopic (exact) mass is 313 g/mol. The van der Waals surface area contributed by atoms with E-state index in [4.69, 9.17) is 16.0 Å². The largest absolute Gasteiger partial charge is 0.451 e. The molecular weight excluding hydrogens is 298 g/mol. The lowest BCUT2D eigenvalue weighted by Crippen LogP contribution is -2.26. The number of hydrogen-bond acceptors (Lipinski definition) is 2. The lowest BCUT2D eigenvalue weighted by molar-refractivity contribution is 0.0913. The minimum absolute atomic E-state index is 0.154. The summed E-state index contributed by atoms with van der Waals surface area (Å²) in [6, 6.07) is 14.9. The highest BCUT2D eigenvalue weighted by molar-refractivity contribution is 6.30. The van der Waals surface area contributed by atoms with Crippen LogP contribution in [0.2, 0.25) is 5.02 Å². The maximum absolute atomic E-state index is 12.5. The molecule has 22 heavy (non-hydrogen) atoms. The van der Waals surface area contributed by atoms with Gasteiger partial charge in [0, 0.05) is 16.0 Å². The molecule has 3 nitrogen and oxygen atoms in total. The summed E-state index contributed by atoms with van der Waals surface area (Å²) in [5.41, 5.74) is 2.53. The number of hydrogen-bond donors (Lipinski definition) is 1. The number of halogens is 1. The number of para-hydroxylation sites is 1. The first-order valence-corrected chi connectivity index (χ1v) is 7.48. The van der Waals surface area contributed by atoms with E-state index in [9.17, 15) is 4.79 Å². The molecule has 0 radical (unpaired) electrons. The van der Waals surface area contributed by atoms with Crippen LogP contribution in [-0.4, -0.2) is 5.91 Å². The van der Waals surface area contributed by atoms with E-state index in [0.717, 1.165) is 22.1 Å². The van der Waals surface area contributed by atoms with Crippen molar-refractivity contribution in [1.82, 2.24) is 5.32 Å². The third kappa shape index (κ3) is 2.72. The van der Waals surface area contributed by atoms with Crippen molar-refractivity contribution in [2.45, 2.75) is 19.9 Å². The van der Waals surface area contributed by atoms with E-state index in [0.29, 0.717) is 10.8 Å². The van der Waals surface area contributed by atoms with Gasteiger partial charge in [0.15, 0.2) is 5.76 Å². The Labute approximate surface area is 133 Å². The predicted molar refractivity (Wildman–Crippen MR) is 88.3 cm³/mol. The Hall–Kier alpha value is -2.26. The van der Waals surface area contributed by atoms with Crippen LogP contribution in [0.25, 0.3) is 11.0 Å². The van der Waals surface area contributed by atoms with Crippen molar-refractivity contribution in [3.63, 3.8) is 0 Å².